The van der Waals surface area contributed by atoms with Crippen molar-refractivity contribution in [3.63, 3.8) is 0 Å². The first kappa shape index (κ1) is 22.1. The number of amides is 1. The van der Waals surface area contributed by atoms with Crippen LogP contribution in [0.4, 0.5) is 5.69 Å². The van der Waals surface area contributed by atoms with E-state index < -0.39 is 16.5 Å². The summed E-state index contributed by atoms with van der Waals surface area (Å²) < 4.78 is 21.1. The Bertz CT molecular complexity index is 904. The number of benzene rings is 2. The highest BCUT2D eigenvalue weighted by Crippen LogP contribution is 2.46. The lowest BCUT2D eigenvalue weighted by Crippen LogP contribution is -2.31. The molecule has 2 aromatic carbocycles. The summed E-state index contributed by atoms with van der Waals surface area (Å²) in [4.78, 5) is 25.2. The summed E-state index contributed by atoms with van der Waals surface area (Å²) >= 11 is 6.03. The maximum absolute atomic E-state index is 12.9. The molecule has 0 heterocycles. The van der Waals surface area contributed by atoms with Crippen molar-refractivity contribution in [1.82, 2.24) is 4.90 Å². The Morgan fingerprint density at radius 3 is 2.31 bits per heavy atom. The molecule has 0 aliphatic rings. The molecular weight excluding hydrogens is 404 g/mol. The zero-order chi connectivity index (χ0) is 21.6. The van der Waals surface area contributed by atoms with Crippen molar-refractivity contribution in [2.24, 2.45) is 0 Å². The fourth-order valence-electron chi connectivity index (χ4n) is 2.65. The zero-order valence-corrected chi connectivity index (χ0v) is 17.2. The molecule has 0 atom stereocenters. The van der Waals surface area contributed by atoms with E-state index in [0.29, 0.717) is 10.8 Å². The summed E-state index contributed by atoms with van der Waals surface area (Å²) in [6.07, 6.45) is 0. The molecule has 0 spiro atoms. The van der Waals surface area contributed by atoms with Gasteiger partial charge in [0.25, 0.3) is 5.91 Å². The lowest BCUT2D eigenvalue weighted by Gasteiger charge is -2.20. The van der Waals surface area contributed by atoms with Gasteiger partial charge in [-0.25, -0.2) is 0 Å². The van der Waals surface area contributed by atoms with E-state index in [0.717, 1.165) is 0 Å². The van der Waals surface area contributed by atoms with Crippen LogP contribution in [0.2, 0.25) is 5.02 Å². The molecule has 10 heteroatoms. The third-order valence-electron chi connectivity index (χ3n) is 4.08. The highest BCUT2D eigenvalue weighted by molar-refractivity contribution is 6.32. The Morgan fingerprint density at radius 2 is 1.76 bits per heavy atom. The number of carbonyl (C=O) groups is 1. The quantitative estimate of drug-likeness (QED) is 0.449. The van der Waals surface area contributed by atoms with Crippen LogP contribution in [0.15, 0.2) is 30.3 Å². The lowest BCUT2D eigenvalue weighted by molar-refractivity contribution is -0.386. The molecule has 2 aromatic rings. The first-order valence-electron chi connectivity index (χ1n) is 8.45. The number of hydrogen-bond acceptors (Lipinski definition) is 7. The summed E-state index contributed by atoms with van der Waals surface area (Å²) in [5.41, 5.74) is -0.696. The van der Waals surface area contributed by atoms with Crippen LogP contribution in [-0.4, -0.2) is 57.3 Å². The second-order valence-electron chi connectivity index (χ2n) is 5.80. The van der Waals surface area contributed by atoms with Crippen LogP contribution in [0, 0.1) is 10.1 Å². The zero-order valence-electron chi connectivity index (χ0n) is 16.4. The SMILES string of the molecule is COc1cc(C(=O)N(C)CCOc2ccccc2Cl)c([N+](=O)[O-])c(OC)c1OC. The number of hydrogen-bond donors (Lipinski definition) is 0. The van der Waals surface area contributed by atoms with E-state index in [4.69, 9.17) is 30.5 Å². The van der Waals surface area contributed by atoms with Crippen LogP contribution in [0.5, 0.6) is 23.0 Å². The monoisotopic (exact) mass is 424 g/mol. The molecule has 29 heavy (non-hydrogen) atoms. The third-order valence-corrected chi connectivity index (χ3v) is 4.40. The van der Waals surface area contributed by atoms with Crippen LogP contribution >= 0.6 is 11.6 Å². The molecule has 0 fully saturated rings. The van der Waals surface area contributed by atoms with E-state index in [1.807, 2.05) is 0 Å². The summed E-state index contributed by atoms with van der Waals surface area (Å²) in [5, 5.41) is 12.1. The van der Waals surface area contributed by atoms with Gasteiger partial charge in [-0.2, -0.15) is 0 Å². The molecule has 0 unspecified atom stereocenters. The number of carbonyl (C=O) groups excluding carboxylic acids is 1. The molecule has 0 N–H and O–H groups in total. The number of nitro benzene ring substituents is 1. The minimum Gasteiger partial charge on any atom is -0.493 e. The Kier molecular flexibility index (Phi) is 7.49. The number of nitro groups is 1. The highest BCUT2D eigenvalue weighted by atomic mass is 35.5. The molecule has 0 bridgehead atoms. The highest BCUT2D eigenvalue weighted by Gasteiger charge is 2.33. The molecule has 1 amide bonds. The van der Waals surface area contributed by atoms with Crippen molar-refractivity contribution in [3.05, 3.63) is 51.0 Å². The van der Waals surface area contributed by atoms with Gasteiger partial charge in [0.05, 0.1) is 37.8 Å². The van der Waals surface area contributed by atoms with Crippen LogP contribution in [0.25, 0.3) is 0 Å². The van der Waals surface area contributed by atoms with Crippen molar-refractivity contribution in [1.29, 1.82) is 0 Å². The van der Waals surface area contributed by atoms with Gasteiger partial charge in [-0.1, -0.05) is 23.7 Å². The number of methoxy groups -OCH3 is 3. The van der Waals surface area contributed by atoms with Gasteiger partial charge in [0.2, 0.25) is 11.5 Å². The van der Waals surface area contributed by atoms with Gasteiger partial charge in [-0.3, -0.25) is 14.9 Å². The van der Waals surface area contributed by atoms with Gasteiger partial charge in [-0.15, -0.1) is 0 Å². The van der Waals surface area contributed by atoms with Crippen LogP contribution < -0.4 is 18.9 Å². The predicted octanol–water partition coefficient (Wildman–Crippen LogP) is 3.43. The van der Waals surface area contributed by atoms with E-state index in [-0.39, 0.29) is 36.0 Å². The van der Waals surface area contributed by atoms with Crippen LogP contribution in [-0.2, 0) is 0 Å². The van der Waals surface area contributed by atoms with Crippen LogP contribution in [0.1, 0.15) is 10.4 Å². The largest absolute Gasteiger partial charge is 0.493 e. The van der Waals surface area contributed by atoms with Crippen molar-refractivity contribution >= 4 is 23.2 Å². The Hall–Kier alpha value is -3.20. The topological polar surface area (TPSA) is 100 Å². The minimum absolute atomic E-state index is 0.0305. The average molecular weight is 425 g/mol. The van der Waals surface area contributed by atoms with Gasteiger partial charge in [0.15, 0.2) is 5.75 Å². The number of likely N-dealkylation sites (N-methyl/N-ethyl adjacent to an activating group) is 1. The van der Waals surface area contributed by atoms with Gasteiger partial charge >= 0.3 is 5.69 Å². The Balaban J connectivity index is 2.28. The minimum atomic E-state index is -0.692. The number of halogens is 1. The molecule has 0 saturated carbocycles. The second kappa shape index (κ2) is 9.83. The van der Waals surface area contributed by atoms with E-state index in [2.05, 4.69) is 0 Å². The van der Waals surface area contributed by atoms with Crippen molar-refractivity contribution in [2.75, 3.05) is 41.5 Å². The number of para-hydroxylation sites is 1. The predicted molar refractivity (Wildman–Crippen MR) is 107 cm³/mol. The van der Waals surface area contributed by atoms with E-state index in [1.165, 1.54) is 39.3 Å². The van der Waals surface area contributed by atoms with E-state index >= 15 is 0 Å². The standard InChI is InChI=1S/C19H21ClN2O7/c1-21(9-10-29-14-8-6-5-7-13(14)20)19(23)12-11-15(26-2)17(27-3)18(28-4)16(12)22(24)25/h5-8,11H,9-10H2,1-4H3. The number of nitrogens with zero attached hydrogens (tertiary/aromatic N) is 2. The molecule has 0 radical (unpaired) electrons. The lowest BCUT2D eigenvalue weighted by atomic mass is 10.1. The molecule has 0 saturated heterocycles. The van der Waals surface area contributed by atoms with E-state index in [9.17, 15) is 14.9 Å². The fraction of sp³-hybridized carbons (Fsp3) is 0.316. The van der Waals surface area contributed by atoms with Crippen molar-refractivity contribution in [3.8, 4) is 23.0 Å². The summed E-state index contributed by atoms with van der Waals surface area (Å²) in [7, 11) is 5.44. The van der Waals surface area contributed by atoms with Gasteiger partial charge in [-0.05, 0) is 12.1 Å². The number of rotatable bonds is 9. The normalized spacial score (nSPS) is 10.2. The second-order valence-corrected chi connectivity index (χ2v) is 6.21. The molecular formula is C19H21ClN2O7. The molecule has 2 rings (SSSR count). The summed E-state index contributed by atoms with van der Waals surface area (Å²) in [6.45, 7) is 0.308. The number of ether oxygens (including phenoxy) is 4. The maximum Gasteiger partial charge on any atom is 0.327 e. The Morgan fingerprint density at radius 1 is 1.10 bits per heavy atom. The molecule has 0 aliphatic heterocycles. The molecule has 0 aromatic heterocycles. The van der Waals surface area contributed by atoms with Gasteiger partial charge < -0.3 is 23.8 Å². The van der Waals surface area contributed by atoms with Crippen molar-refractivity contribution < 1.29 is 28.7 Å². The van der Waals surface area contributed by atoms with Gasteiger partial charge in [0, 0.05) is 13.1 Å². The third kappa shape index (κ3) is 4.80. The fourth-order valence-corrected chi connectivity index (χ4v) is 2.84. The molecule has 9 nitrogen and oxygen atoms in total. The first-order valence-corrected chi connectivity index (χ1v) is 8.83. The Labute approximate surface area is 172 Å². The van der Waals surface area contributed by atoms with Gasteiger partial charge in [0.1, 0.15) is 17.9 Å². The van der Waals surface area contributed by atoms with Crippen LogP contribution in [0.3, 0.4) is 0 Å². The summed E-state index contributed by atoms with van der Waals surface area (Å²) in [5.74, 6) is -0.143. The molecule has 156 valence electrons. The van der Waals surface area contributed by atoms with E-state index in [1.54, 1.807) is 24.3 Å². The van der Waals surface area contributed by atoms with Crippen molar-refractivity contribution in [2.45, 2.75) is 0 Å². The smallest absolute Gasteiger partial charge is 0.327 e. The first-order chi connectivity index (χ1) is 13.8. The average Bonchev–Trinajstić information content (AvgIpc) is 2.72. The maximum atomic E-state index is 12.9. The summed E-state index contributed by atoms with van der Waals surface area (Å²) in [6, 6.07) is 8.19. The molecule has 0 aliphatic carbocycles.